The lowest BCUT2D eigenvalue weighted by Gasteiger charge is -2.10. The highest BCUT2D eigenvalue weighted by Crippen LogP contribution is 2.38. The molecule has 0 saturated heterocycles. The number of hydrazine groups is 1. The molecule has 0 aromatic carbocycles. The summed E-state index contributed by atoms with van der Waals surface area (Å²) in [6, 6.07) is 0. The molecule has 1 aliphatic carbocycles. The number of anilines is 1. The van der Waals surface area contributed by atoms with E-state index in [0.29, 0.717) is 6.61 Å². The molecule has 0 bridgehead atoms. The Bertz CT molecular complexity index is 417. The maximum Gasteiger partial charge on any atom is 0.315 e. The van der Waals surface area contributed by atoms with Gasteiger partial charge >= 0.3 is 5.97 Å². The van der Waals surface area contributed by atoms with Crippen molar-refractivity contribution >= 4 is 22.4 Å². The minimum atomic E-state index is -0.168. The first-order valence-corrected chi connectivity index (χ1v) is 6.53. The van der Waals surface area contributed by atoms with E-state index in [4.69, 9.17) is 4.74 Å². The minimum Gasteiger partial charge on any atom is -0.465 e. The van der Waals surface area contributed by atoms with Gasteiger partial charge in [-0.05, 0) is 19.8 Å². The van der Waals surface area contributed by atoms with Crippen LogP contribution in [0.1, 0.15) is 29.8 Å². The average Bonchev–Trinajstić information content (AvgIpc) is 2.75. The highest BCUT2D eigenvalue weighted by Gasteiger charge is 2.33. The number of esters is 1. The predicted molar refractivity (Wildman–Crippen MR) is 67.1 cm³/mol. The van der Waals surface area contributed by atoms with Crippen LogP contribution in [0, 0.1) is 0 Å². The monoisotopic (exact) mass is 255 g/mol. The lowest BCUT2D eigenvalue weighted by molar-refractivity contribution is -0.145. The number of thiazole rings is 1. The summed E-state index contributed by atoms with van der Waals surface area (Å²) in [5.74, 6) is -0.313. The van der Waals surface area contributed by atoms with Crippen molar-refractivity contribution in [3.8, 4) is 0 Å². The molecule has 1 aromatic heterocycles. The number of nitrogens with one attached hydrogen (secondary N) is 1. The quantitative estimate of drug-likeness (QED) is 0.654. The second-order valence-electron chi connectivity index (χ2n) is 4.18. The third-order valence-electron chi connectivity index (χ3n) is 2.61. The average molecular weight is 255 g/mol. The molecule has 1 unspecified atom stereocenters. The summed E-state index contributed by atoms with van der Waals surface area (Å²) in [5, 5.41) is 2.68. The van der Waals surface area contributed by atoms with Crippen molar-refractivity contribution in [3.05, 3.63) is 10.6 Å². The molecule has 17 heavy (non-hydrogen) atoms. The van der Waals surface area contributed by atoms with Gasteiger partial charge in [0.15, 0.2) is 5.13 Å². The maximum absolute atomic E-state index is 11.8. The lowest BCUT2D eigenvalue weighted by atomic mass is 10.1. The molecule has 2 rings (SSSR count). The van der Waals surface area contributed by atoms with Crippen molar-refractivity contribution in [2.75, 3.05) is 26.1 Å². The molecule has 94 valence electrons. The predicted octanol–water partition coefficient (Wildman–Crippen LogP) is 1.62. The number of aryl methyl sites for hydroxylation is 1. The van der Waals surface area contributed by atoms with Crippen LogP contribution in [0.2, 0.25) is 0 Å². The molecule has 1 aromatic rings. The number of carbonyl (C=O) groups excluding carboxylic acids is 1. The van der Waals surface area contributed by atoms with Gasteiger partial charge in [-0.15, -0.1) is 11.3 Å². The van der Waals surface area contributed by atoms with Crippen molar-refractivity contribution in [2.24, 2.45) is 0 Å². The molecule has 1 atom stereocenters. The largest absolute Gasteiger partial charge is 0.465 e. The molecule has 0 amide bonds. The van der Waals surface area contributed by atoms with Gasteiger partial charge in [-0.2, -0.15) is 0 Å². The summed E-state index contributed by atoms with van der Waals surface area (Å²) >= 11 is 1.62. The van der Waals surface area contributed by atoms with Gasteiger partial charge in [0.25, 0.3) is 0 Å². The van der Waals surface area contributed by atoms with Crippen molar-refractivity contribution in [1.29, 1.82) is 0 Å². The van der Waals surface area contributed by atoms with Gasteiger partial charge in [0.2, 0.25) is 0 Å². The molecule has 1 heterocycles. The number of hydrogen-bond donors (Lipinski definition) is 1. The van der Waals surface area contributed by atoms with Crippen LogP contribution in [0.3, 0.4) is 0 Å². The molecular formula is C11H17N3O2S. The number of fused-ring (bicyclic) bond motifs is 1. The highest BCUT2D eigenvalue weighted by molar-refractivity contribution is 7.15. The maximum atomic E-state index is 11.8. The molecule has 6 heteroatoms. The van der Waals surface area contributed by atoms with Crippen LogP contribution in [0.15, 0.2) is 0 Å². The molecule has 0 spiro atoms. The Balaban J connectivity index is 2.14. The van der Waals surface area contributed by atoms with Crippen LogP contribution >= 0.6 is 11.3 Å². The fraction of sp³-hybridized carbons (Fsp3) is 0.636. The van der Waals surface area contributed by atoms with Gasteiger partial charge in [-0.1, -0.05) is 0 Å². The summed E-state index contributed by atoms with van der Waals surface area (Å²) in [5.41, 5.74) is 4.02. The molecular weight excluding hydrogens is 238 g/mol. The van der Waals surface area contributed by atoms with E-state index in [1.165, 1.54) is 4.88 Å². The van der Waals surface area contributed by atoms with E-state index in [0.717, 1.165) is 23.7 Å². The molecule has 0 fully saturated rings. The first kappa shape index (κ1) is 12.3. The number of carbonyl (C=O) groups is 1. The van der Waals surface area contributed by atoms with Crippen LogP contribution in [-0.4, -0.2) is 36.7 Å². The zero-order valence-corrected chi connectivity index (χ0v) is 11.1. The van der Waals surface area contributed by atoms with Crippen molar-refractivity contribution in [3.63, 3.8) is 0 Å². The zero-order chi connectivity index (χ0) is 12.4. The number of ether oxygens (including phenoxy) is 1. The van der Waals surface area contributed by atoms with Crippen molar-refractivity contribution in [1.82, 2.24) is 9.99 Å². The summed E-state index contributed by atoms with van der Waals surface area (Å²) < 4.78 is 5.07. The summed E-state index contributed by atoms with van der Waals surface area (Å²) in [4.78, 5) is 17.4. The topological polar surface area (TPSA) is 54.5 Å². The van der Waals surface area contributed by atoms with E-state index >= 15 is 0 Å². The summed E-state index contributed by atoms with van der Waals surface area (Å²) in [6.07, 6.45) is 1.75. The van der Waals surface area contributed by atoms with Crippen LogP contribution in [0.5, 0.6) is 0 Å². The van der Waals surface area contributed by atoms with Gasteiger partial charge in [-0.25, -0.2) is 9.99 Å². The zero-order valence-electron chi connectivity index (χ0n) is 10.3. The van der Waals surface area contributed by atoms with Gasteiger partial charge in [0, 0.05) is 19.0 Å². The van der Waals surface area contributed by atoms with E-state index < -0.39 is 0 Å². The molecule has 0 saturated carbocycles. The fourth-order valence-corrected chi connectivity index (χ4v) is 3.06. The second kappa shape index (κ2) is 5.01. The number of hydrogen-bond acceptors (Lipinski definition) is 6. The Morgan fingerprint density at radius 3 is 3.06 bits per heavy atom. The normalized spacial score (nSPS) is 18.2. The van der Waals surface area contributed by atoms with E-state index in [9.17, 15) is 4.79 Å². The Morgan fingerprint density at radius 1 is 1.65 bits per heavy atom. The Labute approximate surface area is 105 Å². The van der Waals surface area contributed by atoms with Gasteiger partial charge in [0.1, 0.15) is 5.92 Å². The first-order chi connectivity index (χ1) is 8.11. The third kappa shape index (κ3) is 2.58. The second-order valence-corrected chi connectivity index (χ2v) is 5.26. The van der Waals surface area contributed by atoms with Crippen LogP contribution in [0.4, 0.5) is 5.13 Å². The highest BCUT2D eigenvalue weighted by atomic mass is 32.1. The lowest BCUT2D eigenvalue weighted by Crippen LogP contribution is -2.19. The van der Waals surface area contributed by atoms with Crippen LogP contribution < -0.4 is 5.43 Å². The van der Waals surface area contributed by atoms with Crippen LogP contribution in [-0.2, 0) is 16.0 Å². The van der Waals surface area contributed by atoms with E-state index in [1.54, 1.807) is 11.3 Å². The van der Waals surface area contributed by atoms with Gasteiger partial charge in [-0.3, -0.25) is 10.2 Å². The fourth-order valence-electron chi connectivity index (χ4n) is 1.94. The summed E-state index contributed by atoms with van der Waals surface area (Å²) in [6.45, 7) is 2.26. The van der Waals surface area contributed by atoms with Gasteiger partial charge in [0.05, 0.1) is 12.3 Å². The Kier molecular flexibility index (Phi) is 3.63. The molecule has 5 nitrogen and oxygen atoms in total. The molecule has 1 N–H and O–H groups in total. The SMILES string of the molecule is CCOC(=O)C1CCc2sc(NN(C)C)nc21. The number of rotatable bonds is 4. The smallest absolute Gasteiger partial charge is 0.315 e. The van der Waals surface area contributed by atoms with Gasteiger partial charge < -0.3 is 4.74 Å². The minimum absolute atomic E-state index is 0.145. The number of nitrogens with zero attached hydrogens (tertiary/aromatic N) is 2. The Hall–Kier alpha value is -1.14. The third-order valence-corrected chi connectivity index (χ3v) is 3.64. The van der Waals surface area contributed by atoms with E-state index in [2.05, 4.69) is 10.4 Å². The molecule has 0 aliphatic heterocycles. The van der Waals surface area contributed by atoms with E-state index in [-0.39, 0.29) is 11.9 Å². The first-order valence-electron chi connectivity index (χ1n) is 5.72. The standard InChI is InChI=1S/C11H17N3O2S/c1-4-16-10(15)7-5-6-8-9(7)12-11(17-8)13-14(2)3/h7H,4-6H2,1-3H3,(H,12,13). The van der Waals surface area contributed by atoms with Crippen molar-refractivity contribution in [2.45, 2.75) is 25.7 Å². The molecule has 1 aliphatic rings. The Morgan fingerprint density at radius 2 is 2.41 bits per heavy atom. The van der Waals surface area contributed by atoms with E-state index in [1.807, 2.05) is 26.0 Å². The van der Waals surface area contributed by atoms with Crippen molar-refractivity contribution < 1.29 is 9.53 Å². The molecule has 0 radical (unpaired) electrons. The van der Waals surface area contributed by atoms with Crippen LogP contribution in [0.25, 0.3) is 0 Å². The summed E-state index contributed by atoms with van der Waals surface area (Å²) in [7, 11) is 3.82. The number of aromatic nitrogens is 1.